The molecule has 0 unspecified atom stereocenters. The number of sulfone groups is 1. The van der Waals surface area contributed by atoms with Crippen molar-refractivity contribution in [2.45, 2.75) is 11.5 Å². The van der Waals surface area contributed by atoms with Crippen molar-refractivity contribution in [3.8, 4) is 17.2 Å². The fraction of sp³-hybridized carbons (Fsp3) is 0.0909. The van der Waals surface area contributed by atoms with Crippen LogP contribution in [0.25, 0.3) is 5.69 Å². The summed E-state index contributed by atoms with van der Waals surface area (Å²) in [6.45, 7) is 0. The van der Waals surface area contributed by atoms with Crippen LogP contribution in [0.3, 0.4) is 0 Å². The molecule has 8 heteroatoms. The molecule has 4 aromatic rings. The van der Waals surface area contributed by atoms with E-state index in [-0.39, 0.29) is 17.3 Å². The van der Waals surface area contributed by atoms with Crippen molar-refractivity contribution in [1.82, 2.24) is 15.0 Å². The van der Waals surface area contributed by atoms with E-state index < -0.39 is 15.7 Å². The Hall–Kier alpha value is -3.52. The maximum atomic E-state index is 14.4. The van der Waals surface area contributed by atoms with Gasteiger partial charge in [0.15, 0.2) is 21.4 Å². The van der Waals surface area contributed by atoms with Gasteiger partial charge in [0, 0.05) is 0 Å². The highest BCUT2D eigenvalue weighted by Crippen LogP contribution is 2.26. The van der Waals surface area contributed by atoms with Crippen molar-refractivity contribution in [2.24, 2.45) is 0 Å². The molecule has 152 valence electrons. The molecule has 0 atom stereocenters. The minimum Gasteiger partial charge on any atom is -0.454 e. The van der Waals surface area contributed by atoms with Gasteiger partial charge in [-0.25, -0.2) is 17.5 Å². The first kappa shape index (κ1) is 19.8. The lowest BCUT2D eigenvalue weighted by molar-refractivity contribution is 0.442. The standard InChI is InChI=1S/C22H18FN3O3S/c23-21-13-17(11-12-22(21)29-20-9-5-2-6-10-20)15-30(27,28)16-19-14-24-25-26(19)18-7-3-1-4-8-18/h1-14H,15-16H2. The zero-order chi connectivity index (χ0) is 21.0. The predicted molar refractivity (Wildman–Crippen MR) is 111 cm³/mol. The molecular weight excluding hydrogens is 405 g/mol. The summed E-state index contributed by atoms with van der Waals surface area (Å²) in [6, 6.07) is 22.1. The zero-order valence-electron chi connectivity index (χ0n) is 15.8. The van der Waals surface area contributed by atoms with E-state index in [1.807, 2.05) is 36.4 Å². The van der Waals surface area contributed by atoms with Crippen LogP contribution in [0.1, 0.15) is 11.3 Å². The van der Waals surface area contributed by atoms with E-state index in [1.165, 1.54) is 23.0 Å². The summed E-state index contributed by atoms with van der Waals surface area (Å²) in [6.07, 6.45) is 1.42. The molecule has 0 aliphatic rings. The third kappa shape index (κ3) is 4.72. The molecule has 0 bridgehead atoms. The van der Waals surface area contributed by atoms with Crippen molar-refractivity contribution >= 4 is 9.84 Å². The van der Waals surface area contributed by atoms with Crippen LogP contribution in [-0.2, 0) is 21.3 Å². The predicted octanol–water partition coefficient (Wildman–Crippen LogP) is 4.31. The van der Waals surface area contributed by atoms with Crippen molar-refractivity contribution in [2.75, 3.05) is 0 Å². The lowest BCUT2D eigenvalue weighted by atomic mass is 10.2. The topological polar surface area (TPSA) is 74.1 Å². The zero-order valence-corrected chi connectivity index (χ0v) is 16.7. The van der Waals surface area contributed by atoms with Crippen molar-refractivity contribution < 1.29 is 17.5 Å². The number of halogens is 1. The average Bonchev–Trinajstić information content (AvgIpc) is 3.18. The van der Waals surface area contributed by atoms with Crippen LogP contribution in [0.2, 0.25) is 0 Å². The molecule has 0 spiro atoms. The Morgan fingerprint density at radius 2 is 1.60 bits per heavy atom. The average molecular weight is 423 g/mol. The molecule has 1 aromatic heterocycles. The number of para-hydroxylation sites is 2. The number of nitrogens with zero attached hydrogens (tertiary/aromatic N) is 3. The van der Waals surface area contributed by atoms with Crippen molar-refractivity contribution in [1.29, 1.82) is 0 Å². The van der Waals surface area contributed by atoms with Gasteiger partial charge < -0.3 is 4.74 Å². The van der Waals surface area contributed by atoms with Crippen LogP contribution in [0, 0.1) is 5.82 Å². The molecule has 0 amide bonds. The third-order valence-corrected chi connectivity index (χ3v) is 5.85. The number of aromatic nitrogens is 3. The minimum atomic E-state index is -3.58. The van der Waals surface area contributed by atoms with Crippen molar-refractivity contribution in [3.63, 3.8) is 0 Å². The Balaban J connectivity index is 1.49. The normalized spacial score (nSPS) is 11.4. The molecule has 0 saturated carbocycles. The summed E-state index contributed by atoms with van der Waals surface area (Å²) in [5.41, 5.74) is 1.49. The van der Waals surface area contributed by atoms with Gasteiger partial charge in [0.25, 0.3) is 0 Å². The number of rotatable bonds is 7. The quantitative estimate of drug-likeness (QED) is 0.443. The van der Waals surface area contributed by atoms with Gasteiger partial charge in [0.05, 0.1) is 29.1 Å². The molecule has 30 heavy (non-hydrogen) atoms. The van der Waals surface area contributed by atoms with Gasteiger partial charge in [0.2, 0.25) is 0 Å². The highest BCUT2D eigenvalue weighted by atomic mass is 32.2. The van der Waals surface area contributed by atoms with E-state index in [1.54, 1.807) is 30.3 Å². The van der Waals surface area contributed by atoms with Gasteiger partial charge in [-0.05, 0) is 42.0 Å². The first-order valence-corrected chi connectivity index (χ1v) is 11.0. The van der Waals surface area contributed by atoms with Crippen molar-refractivity contribution in [3.05, 3.63) is 102 Å². The van der Waals surface area contributed by atoms with Gasteiger partial charge in [-0.2, -0.15) is 0 Å². The van der Waals surface area contributed by atoms with Gasteiger partial charge in [-0.3, -0.25) is 0 Å². The lowest BCUT2D eigenvalue weighted by Crippen LogP contribution is -2.12. The molecule has 0 N–H and O–H groups in total. The molecule has 0 saturated heterocycles. The maximum absolute atomic E-state index is 14.4. The highest BCUT2D eigenvalue weighted by molar-refractivity contribution is 7.89. The van der Waals surface area contributed by atoms with E-state index in [0.29, 0.717) is 22.7 Å². The Labute approximate surface area is 173 Å². The second-order valence-corrected chi connectivity index (χ2v) is 8.75. The van der Waals surface area contributed by atoms with E-state index in [0.717, 1.165) is 0 Å². The Morgan fingerprint density at radius 3 is 2.30 bits per heavy atom. The molecule has 0 aliphatic carbocycles. The van der Waals surface area contributed by atoms with Crippen LogP contribution < -0.4 is 4.74 Å². The first-order chi connectivity index (χ1) is 14.5. The summed E-state index contributed by atoms with van der Waals surface area (Å²) >= 11 is 0. The molecule has 0 aliphatic heterocycles. The third-order valence-electron chi connectivity index (χ3n) is 4.34. The summed E-state index contributed by atoms with van der Waals surface area (Å²) < 4.78 is 46.8. The fourth-order valence-corrected chi connectivity index (χ4v) is 4.44. The second-order valence-electron chi connectivity index (χ2n) is 6.68. The summed E-state index contributed by atoms with van der Waals surface area (Å²) in [7, 11) is -3.58. The molecule has 0 radical (unpaired) electrons. The second kappa shape index (κ2) is 8.46. The monoisotopic (exact) mass is 423 g/mol. The van der Waals surface area contributed by atoms with Crippen LogP contribution in [0.4, 0.5) is 4.39 Å². The van der Waals surface area contributed by atoms with E-state index in [9.17, 15) is 12.8 Å². The van der Waals surface area contributed by atoms with Crippen LogP contribution >= 0.6 is 0 Å². The Bertz CT molecular complexity index is 1240. The van der Waals surface area contributed by atoms with Gasteiger partial charge in [0.1, 0.15) is 5.75 Å². The molecule has 4 rings (SSSR count). The van der Waals surface area contributed by atoms with E-state index in [2.05, 4.69) is 10.3 Å². The van der Waals surface area contributed by atoms with Gasteiger partial charge in [-0.15, -0.1) is 5.10 Å². The number of benzene rings is 3. The maximum Gasteiger partial charge on any atom is 0.166 e. The van der Waals surface area contributed by atoms with Crippen LogP contribution in [0.15, 0.2) is 85.1 Å². The van der Waals surface area contributed by atoms with Gasteiger partial charge >= 0.3 is 0 Å². The molecule has 1 heterocycles. The Kier molecular flexibility index (Phi) is 5.58. The largest absolute Gasteiger partial charge is 0.454 e. The first-order valence-electron chi connectivity index (χ1n) is 9.17. The summed E-state index contributed by atoms with van der Waals surface area (Å²) in [4.78, 5) is 0. The van der Waals surface area contributed by atoms with Gasteiger partial charge in [-0.1, -0.05) is 47.7 Å². The molecule has 0 fully saturated rings. The molecule has 3 aromatic carbocycles. The SMILES string of the molecule is O=S(=O)(Cc1ccc(Oc2ccccc2)c(F)c1)Cc1cnnn1-c1ccccc1. The van der Waals surface area contributed by atoms with Crippen LogP contribution in [-0.4, -0.2) is 23.4 Å². The number of hydrogen-bond donors (Lipinski definition) is 0. The lowest BCUT2D eigenvalue weighted by Gasteiger charge is -2.10. The Morgan fingerprint density at radius 1 is 0.900 bits per heavy atom. The number of ether oxygens (including phenoxy) is 1. The molecular formula is C22H18FN3O3S. The van der Waals surface area contributed by atoms with E-state index in [4.69, 9.17) is 4.74 Å². The molecule has 6 nitrogen and oxygen atoms in total. The summed E-state index contributed by atoms with van der Waals surface area (Å²) in [5, 5.41) is 7.80. The number of hydrogen-bond acceptors (Lipinski definition) is 5. The van der Waals surface area contributed by atoms with Crippen LogP contribution in [0.5, 0.6) is 11.5 Å². The van der Waals surface area contributed by atoms with E-state index >= 15 is 0 Å². The smallest absolute Gasteiger partial charge is 0.166 e. The summed E-state index contributed by atoms with van der Waals surface area (Å²) in [5.74, 6) is -0.663. The minimum absolute atomic E-state index is 0.0358. The fourth-order valence-electron chi connectivity index (χ4n) is 3.00. The highest BCUT2D eigenvalue weighted by Gasteiger charge is 2.19.